The number of aromatic nitrogens is 4. The maximum absolute atomic E-state index is 14.9. The summed E-state index contributed by atoms with van der Waals surface area (Å²) in [5.74, 6) is -2.72. The van der Waals surface area contributed by atoms with Crippen molar-refractivity contribution in [1.82, 2.24) is 29.7 Å². The fourth-order valence-corrected chi connectivity index (χ4v) is 6.07. The lowest BCUT2D eigenvalue weighted by Gasteiger charge is -2.14. The quantitative estimate of drug-likeness (QED) is 0.180. The molecule has 0 aliphatic carbocycles. The van der Waals surface area contributed by atoms with E-state index in [1.807, 2.05) is 4.90 Å². The number of thiophene rings is 1. The van der Waals surface area contributed by atoms with Gasteiger partial charge in [0, 0.05) is 22.7 Å². The van der Waals surface area contributed by atoms with Gasteiger partial charge in [0.15, 0.2) is 11.5 Å². The van der Waals surface area contributed by atoms with Crippen LogP contribution >= 0.6 is 11.3 Å². The molecule has 0 unspecified atom stereocenters. The first-order valence-electron chi connectivity index (χ1n) is 13.6. The van der Waals surface area contributed by atoms with Crippen molar-refractivity contribution in [2.45, 2.75) is 13.1 Å². The molecule has 2 N–H and O–H groups in total. The van der Waals surface area contributed by atoms with Gasteiger partial charge in [0.25, 0.3) is 5.56 Å². The van der Waals surface area contributed by atoms with Gasteiger partial charge in [0.1, 0.15) is 16.5 Å². The average molecular weight is 652 g/mol. The number of nitrogens with one attached hydrogen (secondary N) is 2. The van der Waals surface area contributed by atoms with Gasteiger partial charge < -0.3 is 15.0 Å². The highest BCUT2D eigenvalue weighted by Crippen LogP contribution is 2.38. The molecule has 0 aliphatic rings. The minimum atomic E-state index is -0.923. The number of fused-ring (bicyclic) bond motifs is 1. The lowest BCUT2D eigenvalue weighted by Crippen LogP contribution is -2.40. The lowest BCUT2D eigenvalue weighted by molar-refractivity contribution is 0.0592. The zero-order chi connectivity index (χ0) is 33.1. The first-order chi connectivity index (χ1) is 22.0. The molecular weight excluding hydrogens is 624 g/mol. The maximum Gasteiger partial charge on any atom is 0.358 e. The van der Waals surface area contributed by atoms with Gasteiger partial charge in [-0.2, -0.15) is 0 Å². The molecule has 0 saturated carbocycles. The van der Waals surface area contributed by atoms with Crippen LogP contribution in [0.25, 0.3) is 26.5 Å². The zero-order valence-electron chi connectivity index (χ0n) is 25.0. The summed E-state index contributed by atoms with van der Waals surface area (Å²) in [5.41, 5.74) is 1.62. The molecule has 238 valence electrons. The number of carbonyl (C=O) groups is 2. The number of amides is 2. The number of hydrogen-bond acceptors (Lipinski definition) is 10. The van der Waals surface area contributed by atoms with Crippen LogP contribution < -0.4 is 22.0 Å². The van der Waals surface area contributed by atoms with E-state index >= 15 is 0 Å². The molecule has 0 atom stereocenters. The van der Waals surface area contributed by atoms with Gasteiger partial charge in [-0.25, -0.2) is 33.2 Å². The van der Waals surface area contributed by atoms with Gasteiger partial charge in [-0.3, -0.25) is 14.2 Å². The highest BCUT2D eigenvalue weighted by Gasteiger charge is 2.26. The number of benzene rings is 2. The SMILES string of the molecule is CONC(=O)Nc1ccc(-c2sc3c(c2CN(C)C)c(=O)n(-c2ccc(C(=O)OC)nn2)c(=O)n3Cc2c(F)cccc2F)cc1. The number of rotatable bonds is 9. The van der Waals surface area contributed by atoms with Gasteiger partial charge in [-0.15, -0.1) is 21.5 Å². The molecule has 0 saturated heterocycles. The van der Waals surface area contributed by atoms with Crippen molar-refractivity contribution in [1.29, 1.82) is 0 Å². The monoisotopic (exact) mass is 651 g/mol. The van der Waals surface area contributed by atoms with Crippen molar-refractivity contribution in [3.63, 3.8) is 0 Å². The van der Waals surface area contributed by atoms with Crippen LogP contribution in [0.15, 0.2) is 64.2 Å². The van der Waals surface area contributed by atoms with E-state index in [-0.39, 0.29) is 33.8 Å². The summed E-state index contributed by atoms with van der Waals surface area (Å²) >= 11 is 1.11. The number of urea groups is 1. The van der Waals surface area contributed by atoms with E-state index in [1.165, 1.54) is 32.4 Å². The van der Waals surface area contributed by atoms with E-state index in [9.17, 15) is 28.0 Å². The first kappa shape index (κ1) is 32.1. The summed E-state index contributed by atoms with van der Waals surface area (Å²) in [6.45, 7) is -0.291. The van der Waals surface area contributed by atoms with Crippen molar-refractivity contribution in [3.8, 4) is 16.3 Å². The van der Waals surface area contributed by atoms with Crippen LogP contribution in [0.5, 0.6) is 0 Å². The Balaban J connectivity index is 1.78. The summed E-state index contributed by atoms with van der Waals surface area (Å²) in [7, 11) is 6.07. The standard InChI is InChI=1S/C30H27F2N7O6S/c1-37(2)14-19-24-26(40)39(23-13-12-22(34-35-23)28(41)44-3)30(43)38(15-18-20(31)6-5-7-21(18)32)27(24)46-25(19)16-8-10-17(11-9-16)33-29(42)36-45-4/h5-13H,14-15H2,1-4H3,(H2,33,36,42). The molecule has 2 amide bonds. The summed E-state index contributed by atoms with van der Waals surface area (Å²) in [6, 6.07) is 12.0. The van der Waals surface area contributed by atoms with Crippen LogP contribution in [0.3, 0.4) is 0 Å². The normalized spacial score (nSPS) is 11.2. The fraction of sp³-hybridized carbons (Fsp3) is 0.200. The predicted molar refractivity (Wildman–Crippen MR) is 166 cm³/mol. The number of halogens is 2. The van der Waals surface area contributed by atoms with Gasteiger partial charge in [-0.1, -0.05) is 18.2 Å². The third-order valence-corrected chi connectivity index (χ3v) is 8.10. The topological polar surface area (TPSA) is 150 Å². The number of nitrogens with zero attached hydrogens (tertiary/aromatic N) is 5. The number of hydrogen-bond donors (Lipinski definition) is 2. The molecule has 0 spiro atoms. The second-order valence-corrected chi connectivity index (χ2v) is 11.1. The maximum atomic E-state index is 14.9. The van der Waals surface area contributed by atoms with E-state index in [4.69, 9.17) is 0 Å². The van der Waals surface area contributed by atoms with Crippen LogP contribution in [0.2, 0.25) is 0 Å². The molecule has 5 rings (SSSR count). The third-order valence-electron chi connectivity index (χ3n) is 6.80. The minimum absolute atomic E-state index is 0.130. The van der Waals surface area contributed by atoms with Crippen molar-refractivity contribution < 1.29 is 27.9 Å². The van der Waals surface area contributed by atoms with E-state index < -0.39 is 41.4 Å². The second-order valence-electron chi connectivity index (χ2n) is 10.1. The number of anilines is 1. The van der Waals surface area contributed by atoms with Crippen LogP contribution in [-0.4, -0.2) is 64.5 Å². The van der Waals surface area contributed by atoms with Gasteiger partial charge >= 0.3 is 17.7 Å². The second kappa shape index (κ2) is 13.4. The number of carbonyl (C=O) groups excluding carboxylic acids is 2. The Morgan fingerprint density at radius 1 is 0.957 bits per heavy atom. The Morgan fingerprint density at radius 3 is 2.24 bits per heavy atom. The van der Waals surface area contributed by atoms with Crippen LogP contribution in [-0.2, 0) is 22.7 Å². The van der Waals surface area contributed by atoms with E-state index in [0.29, 0.717) is 21.7 Å². The first-order valence-corrected chi connectivity index (χ1v) is 14.4. The Morgan fingerprint density at radius 2 is 1.65 bits per heavy atom. The van der Waals surface area contributed by atoms with Gasteiger partial charge in [0.2, 0.25) is 0 Å². The van der Waals surface area contributed by atoms with E-state index in [2.05, 4.69) is 30.6 Å². The zero-order valence-corrected chi connectivity index (χ0v) is 25.8. The number of methoxy groups -OCH3 is 1. The summed E-state index contributed by atoms with van der Waals surface area (Å²) < 4.78 is 36.3. The van der Waals surface area contributed by atoms with Crippen molar-refractivity contribution in [3.05, 3.63) is 104 Å². The number of ether oxygens (including phenoxy) is 1. The third kappa shape index (κ3) is 6.26. The molecule has 0 radical (unpaired) electrons. The molecule has 46 heavy (non-hydrogen) atoms. The molecule has 3 heterocycles. The molecule has 16 heteroatoms. The Hall–Kier alpha value is -5.32. The van der Waals surface area contributed by atoms with Crippen molar-refractivity contribution >= 4 is 39.2 Å². The fourth-order valence-electron chi connectivity index (χ4n) is 4.76. The highest BCUT2D eigenvalue weighted by atomic mass is 32.1. The Kier molecular flexibility index (Phi) is 9.31. The lowest BCUT2D eigenvalue weighted by atomic mass is 10.1. The van der Waals surface area contributed by atoms with Crippen LogP contribution in [0.1, 0.15) is 21.6 Å². The number of hydroxylamine groups is 1. The Bertz CT molecular complexity index is 2040. The smallest absolute Gasteiger partial charge is 0.358 e. The van der Waals surface area contributed by atoms with Gasteiger partial charge in [-0.05, 0) is 61.6 Å². The molecule has 0 fully saturated rings. The van der Waals surface area contributed by atoms with Crippen LogP contribution in [0.4, 0.5) is 19.3 Å². The molecule has 3 aromatic heterocycles. The molecule has 2 aromatic carbocycles. The largest absolute Gasteiger partial charge is 0.464 e. The highest BCUT2D eigenvalue weighted by molar-refractivity contribution is 7.22. The summed E-state index contributed by atoms with van der Waals surface area (Å²) in [5, 5.41) is 10.5. The minimum Gasteiger partial charge on any atom is -0.464 e. The molecule has 0 bridgehead atoms. The van der Waals surface area contributed by atoms with E-state index in [1.54, 1.807) is 38.4 Å². The van der Waals surface area contributed by atoms with Crippen molar-refractivity contribution in [2.24, 2.45) is 0 Å². The molecule has 0 aliphatic heterocycles. The van der Waals surface area contributed by atoms with Crippen LogP contribution in [0, 0.1) is 11.6 Å². The molecule has 5 aromatic rings. The summed E-state index contributed by atoms with van der Waals surface area (Å²) in [6.07, 6.45) is 0. The van der Waals surface area contributed by atoms with Crippen molar-refractivity contribution in [2.75, 3.05) is 33.6 Å². The van der Waals surface area contributed by atoms with Gasteiger partial charge in [0.05, 0.1) is 26.2 Å². The molecule has 13 nitrogen and oxygen atoms in total. The summed E-state index contributed by atoms with van der Waals surface area (Å²) in [4.78, 5) is 59.3. The average Bonchev–Trinajstić information content (AvgIpc) is 3.39. The molecular formula is C30H27F2N7O6S. The Labute approximate surface area is 263 Å². The predicted octanol–water partition coefficient (Wildman–Crippen LogP) is 3.53. The number of esters is 1. The van der Waals surface area contributed by atoms with E-state index in [0.717, 1.165) is 32.6 Å².